The highest BCUT2D eigenvalue weighted by Crippen LogP contribution is 2.40. The predicted octanol–water partition coefficient (Wildman–Crippen LogP) is 2.95. The van der Waals surface area contributed by atoms with E-state index in [1.165, 1.54) is 17.7 Å². The molecule has 1 N–H and O–H groups in total. The first-order valence-corrected chi connectivity index (χ1v) is 11.4. The molecule has 162 valence electrons. The van der Waals surface area contributed by atoms with Crippen LogP contribution in [0.4, 0.5) is 11.4 Å². The van der Waals surface area contributed by atoms with Crippen LogP contribution in [0.1, 0.15) is 30.0 Å². The van der Waals surface area contributed by atoms with Gasteiger partial charge in [-0.05, 0) is 63.2 Å². The highest BCUT2D eigenvalue weighted by molar-refractivity contribution is 7.89. The Morgan fingerprint density at radius 2 is 1.90 bits per heavy atom. The summed E-state index contributed by atoms with van der Waals surface area (Å²) >= 11 is 0. The Labute approximate surface area is 177 Å². The van der Waals surface area contributed by atoms with Crippen molar-refractivity contribution >= 4 is 21.4 Å². The van der Waals surface area contributed by atoms with Crippen LogP contribution in [0.3, 0.4) is 0 Å². The second-order valence-corrected chi connectivity index (χ2v) is 9.59. The molecule has 2 aromatic carbocycles. The lowest BCUT2D eigenvalue weighted by Gasteiger charge is -2.27. The SMILES string of the molecule is CN(C)CCCNS(=O)(=O)c1ccc(N(C)C2CCc3ccccc32)c([N+](=O)[O-])c1. The lowest BCUT2D eigenvalue weighted by Crippen LogP contribution is -2.28. The van der Waals surface area contributed by atoms with Gasteiger partial charge in [0.15, 0.2) is 0 Å². The fourth-order valence-corrected chi connectivity index (χ4v) is 5.00. The van der Waals surface area contributed by atoms with Crippen molar-refractivity contribution < 1.29 is 13.3 Å². The number of hydrogen-bond donors (Lipinski definition) is 1. The molecule has 0 spiro atoms. The summed E-state index contributed by atoms with van der Waals surface area (Å²) in [7, 11) is 1.83. The minimum Gasteiger partial charge on any atom is -0.362 e. The third-order valence-corrected chi connectivity index (χ3v) is 6.94. The monoisotopic (exact) mass is 432 g/mol. The van der Waals surface area contributed by atoms with Gasteiger partial charge in [0.1, 0.15) is 5.69 Å². The van der Waals surface area contributed by atoms with Crippen LogP contribution in [0.5, 0.6) is 0 Å². The Hall–Kier alpha value is -2.49. The summed E-state index contributed by atoms with van der Waals surface area (Å²) in [6.45, 7) is 1.02. The van der Waals surface area contributed by atoms with Crippen LogP contribution in [-0.2, 0) is 16.4 Å². The Balaban J connectivity index is 1.85. The first-order chi connectivity index (χ1) is 14.2. The molecule has 0 saturated carbocycles. The average molecular weight is 433 g/mol. The fraction of sp³-hybridized carbons (Fsp3) is 0.429. The number of nitro groups is 1. The second-order valence-electron chi connectivity index (χ2n) is 7.83. The number of fused-ring (bicyclic) bond motifs is 1. The summed E-state index contributed by atoms with van der Waals surface area (Å²) in [5.41, 5.74) is 2.61. The Morgan fingerprint density at radius 1 is 1.17 bits per heavy atom. The molecule has 30 heavy (non-hydrogen) atoms. The molecule has 0 bridgehead atoms. The van der Waals surface area contributed by atoms with Crippen molar-refractivity contribution in [1.82, 2.24) is 9.62 Å². The van der Waals surface area contributed by atoms with E-state index < -0.39 is 14.9 Å². The van der Waals surface area contributed by atoms with E-state index in [4.69, 9.17) is 0 Å². The number of nitro benzene ring substituents is 1. The molecule has 0 fully saturated rings. The van der Waals surface area contributed by atoms with Crippen molar-refractivity contribution in [2.24, 2.45) is 0 Å². The molecule has 1 unspecified atom stereocenters. The number of nitrogens with one attached hydrogen (secondary N) is 1. The molecule has 1 atom stereocenters. The molecular weight excluding hydrogens is 404 g/mol. The van der Waals surface area contributed by atoms with Crippen molar-refractivity contribution in [2.45, 2.75) is 30.2 Å². The van der Waals surface area contributed by atoms with Crippen LogP contribution >= 0.6 is 0 Å². The van der Waals surface area contributed by atoms with Gasteiger partial charge in [0.25, 0.3) is 5.69 Å². The fourth-order valence-electron chi connectivity index (χ4n) is 3.90. The van der Waals surface area contributed by atoms with E-state index in [0.29, 0.717) is 12.1 Å². The summed E-state index contributed by atoms with van der Waals surface area (Å²) in [5.74, 6) is 0. The minimum absolute atomic E-state index is 0.0199. The summed E-state index contributed by atoms with van der Waals surface area (Å²) in [6.07, 6.45) is 2.43. The maximum absolute atomic E-state index is 12.6. The van der Waals surface area contributed by atoms with Crippen LogP contribution in [-0.4, -0.2) is 52.5 Å². The molecule has 8 nitrogen and oxygen atoms in total. The summed E-state index contributed by atoms with van der Waals surface area (Å²) < 4.78 is 27.7. The maximum Gasteiger partial charge on any atom is 0.293 e. The quantitative estimate of drug-likeness (QED) is 0.372. The Bertz CT molecular complexity index is 1020. The molecule has 1 aliphatic rings. The van der Waals surface area contributed by atoms with Gasteiger partial charge in [-0.1, -0.05) is 24.3 Å². The lowest BCUT2D eigenvalue weighted by molar-refractivity contribution is -0.384. The van der Waals surface area contributed by atoms with Crippen molar-refractivity contribution in [3.05, 3.63) is 63.7 Å². The molecule has 0 amide bonds. The standard InChI is InChI=1S/C21H28N4O4S/c1-23(2)14-6-13-22-30(28,29)17-10-12-20(21(15-17)25(26)27)24(3)19-11-9-16-7-4-5-8-18(16)19/h4-5,7-8,10,12,15,19,22H,6,9,11,13-14H2,1-3H3. The summed E-state index contributed by atoms with van der Waals surface area (Å²) in [5, 5.41) is 11.8. The molecule has 0 heterocycles. The van der Waals surface area contributed by atoms with Crippen molar-refractivity contribution in [2.75, 3.05) is 39.1 Å². The smallest absolute Gasteiger partial charge is 0.293 e. The maximum atomic E-state index is 12.6. The van der Waals surface area contributed by atoms with Crippen LogP contribution in [0, 0.1) is 10.1 Å². The minimum atomic E-state index is -3.82. The van der Waals surface area contributed by atoms with E-state index >= 15 is 0 Å². The normalized spacial score (nSPS) is 15.9. The van der Waals surface area contributed by atoms with Crippen molar-refractivity contribution in [3.8, 4) is 0 Å². The molecule has 9 heteroatoms. The van der Waals surface area contributed by atoms with E-state index in [2.05, 4.69) is 10.8 Å². The van der Waals surface area contributed by atoms with Crippen molar-refractivity contribution in [3.63, 3.8) is 0 Å². The van der Waals surface area contributed by atoms with Gasteiger partial charge in [0.05, 0.1) is 15.9 Å². The van der Waals surface area contributed by atoms with E-state index in [0.717, 1.165) is 31.0 Å². The highest BCUT2D eigenvalue weighted by Gasteiger charge is 2.30. The van der Waals surface area contributed by atoms with Gasteiger partial charge in [-0.3, -0.25) is 10.1 Å². The number of rotatable bonds is 9. The molecule has 0 radical (unpaired) electrons. The predicted molar refractivity (Wildman–Crippen MR) is 117 cm³/mol. The van der Waals surface area contributed by atoms with E-state index in [9.17, 15) is 18.5 Å². The zero-order chi connectivity index (χ0) is 21.9. The van der Waals surface area contributed by atoms with Gasteiger partial charge in [-0.15, -0.1) is 0 Å². The Kier molecular flexibility index (Phi) is 6.74. The van der Waals surface area contributed by atoms with Gasteiger partial charge in [-0.2, -0.15) is 0 Å². The Morgan fingerprint density at radius 3 is 2.60 bits per heavy atom. The van der Waals surface area contributed by atoms with Gasteiger partial charge in [0.2, 0.25) is 10.0 Å². The van der Waals surface area contributed by atoms with Crippen LogP contribution in [0.25, 0.3) is 0 Å². The highest BCUT2D eigenvalue weighted by atomic mass is 32.2. The third-order valence-electron chi connectivity index (χ3n) is 5.48. The number of sulfonamides is 1. The molecular formula is C21H28N4O4S. The van der Waals surface area contributed by atoms with E-state index in [-0.39, 0.29) is 23.2 Å². The number of anilines is 1. The van der Waals surface area contributed by atoms with Gasteiger partial charge < -0.3 is 9.80 Å². The van der Waals surface area contributed by atoms with Crippen LogP contribution in [0.2, 0.25) is 0 Å². The second kappa shape index (κ2) is 9.11. The van der Waals surface area contributed by atoms with Crippen molar-refractivity contribution in [1.29, 1.82) is 0 Å². The molecule has 1 aliphatic carbocycles. The van der Waals surface area contributed by atoms with Crippen LogP contribution in [0.15, 0.2) is 47.4 Å². The molecule has 2 aromatic rings. The number of nitrogens with zero attached hydrogens (tertiary/aromatic N) is 3. The number of benzene rings is 2. The topological polar surface area (TPSA) is 95.8 Å². The molecule has 0 saturated heterocycles. The van der Waals surface area contributed by atoms with E-state index in [1.807, 2.05) is 49.1 Å². The van der Waals surface area contributed by atoms with Crippen LogP contribution < -0.4 is 9.62 Å². The number of hydrogen-bond acceptors (Lipinski definition) is 6. The first kappa shape index (κ1) is 22.2. The van der Waals surface area contributed by atoms with Gasteiger partial charge >= 0.3 is 0 Å². The number of aryl methyl sites for hydroxylation is 1. The average Bonchev–Trinajstić information content (AvgIpc) is 3.14. The lowest BCUT2D eigenvalue weighted by atomic mass is 10.1. The van der Waals surface area contributed by atoms with E-state index in [1.54, 1.807) is 0 Å². The molecule has 0 aliphatic heterocycles. The zero-order valence-corrected chi connectivity index (χ0v) is 18.4. The molecule has 3 rings (SSSR count). The third kappa shape index (κ3) is 4.80. The zero-order valence-electron chi connectivity index (χ0n) is 17.5. The first-order valence-electron chi connectivity index (χ1n) is 9.94. The molecule has 0 aromatic heterocycles. The summed E-state index contributed by atoms with van der Waals surface area (Å²) in [4.78, 5) is 15.0. The van der Waals surface area contributed by atoms with Gasteiger partial charge in [-0.25, -0.2) is 13.1 Å². The largest absolute Gasteiger partial charge is 0.362 e. The van der Waals surface area contributed by atoms with Gasteiger partial charge in [0, 0.05) is 19.7 Å². The summed E-state index contributed by atoms with van der Waals surface area (Å²) in [6, 6.07) is 12.2.